The topological polar surface area (TPSA) is 97.2 Å². The molecule has 2 aliphatic rings. The molecule has 2 radical (unpaired) electrons. The molecule has 156 valence electrons. The molecule has 29 heavy (non-hydrogen) atoms. The normalized spacial score (nSPS) is 21.7. The first-order valence-corrected chi connectivity index (χ1v) is 10.9. The monoisotopic (exact) mass is 412 g/mol. The van der Waals surface area contributed by atoms with Crippen molar-refractivity contribution in [3.63, 3.8) is 0 Å². The molecule has 0 amide bonds. The number of pyridine rings is 1. The van der Waals surface area contributed by atoms with Gasteiger partial charge >= 0.3 is 16.6 Å². The van der Waals surface area contributed by atoms with Crippen LogP contribution in [0.25, 0.3) is 10.9 Å². The van der Waals surface area contributed by atoms with Crippen LogP contribution in [0.4, 0.5) is 0 Å². The Bertz CT molecular complexity index is 799. The van der Waals surface area contributed by atoms with Crippen LogP contribution < -0.4 is 9.11 Å². The number of nitrogens with one attached hydrogen (secondary N) is 1. The lowest BCUT2D eigenvalue weighted by molar-refractivity contribution is 0.394. The minimum absolute atomic E-state index is 0. The fourth-order valence-corrected chi connectivity index (χ4v) is 5.10. The average Bonchev–Trinajstić information content (AvgIpc) is 3.33. The second kappa shape index (κ2) is 11.7. The largest absolute Gasteiger partial charge is 0.652 e. The van der Waals surface area contributed by atoms with Crippen LogP contribution in [0.1, 0.15) is 50.5 Å². The Morgan fingerprint density at radius 2 is 1.90 bits per heavy atom. The summed E-state index contributed by atoms with van der Waals surface area (Å²) >= 11 is 2.31. The van der Waals surface area contributed by atoms with Crippen LogP contribution in [-0.4, -0.2) is 39.1 Å². The number of benzene rings is 1. The molecular weight excluding hydrogens is 379 g/mol. The molecule has 1 aromatic carbocycles. The summed E-state index contributed by atoms with van der Waals surface area (Å²) in [6, 6.07) is 8.26. The summed E-state index contributed by atoms with van der Waals surface area (Å²) in [7, 11) is 0. The second-order valence-corrected chi connectivity index (χ2v) is 8.40. The number of fused-ring (bicyclic) bond motifs is 3. The highest BCUT2D eigenvalue weighted by molar-refractivity contribution is 6.02. The SMILES string of the molecule is O.O.[Al][O]c1ccc(CNCCCCCCC2CC3C=CC2C3)c2cccnc12. The first-order valence-electron chi connectivity index (χ1n) is 10.5. The molecule has 0 aliphatic heterocycles. The number of aromatic nitrogens is 1. The summed E-state index contributed by atoms with van der Waals surface area (Å²) < 4.78 is 5.35. The highest BCUT2D eigenvalue weighted by Gasteiger charge is 2.34. The van der Waals surface area contributed by atoms with Gasteiger partial charge in [0.1, 0.15) is 11.3 Å². The van der Waals surface area contributed by atoms with E-state index in [1.807, 2.05) is 18.3 Å². The van der Waals surface area contributed by atoms with Crippen LogP contribution in [0, 0.1) is 17.8 Å². The van der Waals surface area contributed by atoms with Crippen LogP contribution in [-0.2, 0) is 6.54 Å². The van der Waals surface area contributed by atoms with Crippen molar-refractivity contribution in [1.29, 1.82) is 0 Å². The molecule has 0 spiro atoms. The van der Waals surface area contributed by atoms with Gasteiger partial charge in [0.15, 0.2) is 0 Å². The molecule has 4 rings (SSSR count). The van der Waals surface area contributed by atoms with Gasteiger partial charge in [0.2, 0.25) is 0 Å². The molecule has 5 N–H and O–H groups in total. The number of rotatable bonds is 10. The van der Waals surface area contributed by atoms with Gasteiger partial charge in [0, 0.05) is 18.1 Å². The van der Waals surface area contributed by atoms with E-state index in [1.54, 1.807) is 0 Å². The van der Waals surface area contributed by atoms with E-state index >= 15 is 0 Å². The van der Waals surface area contributed by atoms with Gasteiger partial charge in [-0.1, -0.05) is 43.5 Å². The fourth-order valence-electron chi connectivity index (χ4n) is 4.91. The lowest BCUT2D eigenvalue weighted by Crippen LogP contribution is -2.15. The molecule has 1 aromatic heterocycles. The lowest BCUT2D eigenvalue weighted by atomic mass is 9.88. The summed E-state index contributed by atoms with van der Waals surface area (Å²) in [5.41, 5.74) is 2.22. The van der Waals surface area contributed by atoms with Crippen molar-refractivity contribution >= 4 is 27.5 Å². The zero-order valence-corrected chi connectivity index (χ0v) is 18.2. The maximum absolute atomic E-state index is 5.35. The van der Waals surface area contributed by atoms with Crippen LogP contribution in [0.3, 0.4) is 0 Å². The molecule has 2 aromatic rings. The van der Waals surface area contributed by atoms with Crippen LogP contribution in [0.5, 0.6) is 5.75 Å². The molecule has 0 saturated heterocycles. The lowest BCUT2D eigenvalue weighted by Gasteiger charge is -2.17. The van der Waals surface area contributed by atoms with Gasteiger partial charge in [-0.05, 0) is 67.7 Å². The zero-order chi connectivity index (χ0) is 18.5. The van der Waals surface area contributed by atoms with Gasteiger partial charge in [-0.2, -0.15) is 0 Å². The second-order valence-electron chi connectivity index (χ2n) is 8.16. The minimum atomic E-state index is 0. The maximum Gasteiger partial charge on any atom is 0.482 e. The highest BCUT2D eigenvalue weighted by Crippen LogP contribution is 2.45. The van der Waals surface area contributed by atoms with E-state index in [4.69, 9.17) is 3.79 Å². The zero-order valence-electron chi connectivity index (χ0n) is 17.1. The van der Waals surface area contributed by atoms with Gasteiger partial charge in [0.25, 0.3) is 0 Å². The maximum atomic E-state index is 5.35. The fraction of sp³-hybridized carbons (Fsp3) is 0.522. The van der Waals surface area contributed by atoms with Crippen molar-refractivity contribution in [2.45, 2.75) is 51.5 Å². The summed E-state index contributed by atoms with van der Waals surface area (Å²) in [6.45, 7) is 1.97. The van der Waals surface area contributed by atoms with Crippen molar-refractivity contribution < 1.29 is 14.7 Å². The average molecular weight is 413 g/mol. The van der Waals surface area contributed by atoms with Gasteiger partial charge in [-0.25, -0.2) is 0 Å². The van der Waals surface area contributed by atoms with Crippen molar-refractivity contribution in [2.75, 3.05) is 6.54 Å². The first kappa shape index (κ1) is 23.9. The molecule has 1 fully saturated rings. The number of hydrogen-bond donors (Lipinski definition) is 1. The standard InChI is InChI=1S/C23H30N2O.Al.2H2O/c26-22-11-10-20(21-7-5-13-25-23(21)22)16-24-12-4-2-1-3-6-18-14-17-8-9-19(18)15-17;;;/h5,7-11,13,17-19,24,26H,1-4,6,12,14-16H2;;2*1H2/q;+1;;/p-1. The molecule has 3 unspecified atom stereocenters. The van der Waals surface area contributed by atoms with E-state index in [9.17, 15) is 0 Å². The summed E-state index contributed by atoms with van der Waals surface area (Å²) in [6.07, 6.45) is 16.5. The molecule has 1 heterocycles. The van der Waals surface area contributed by atoms with Crippen molar-refractivity contribution in [3.8, 4) is 5.75 Å². The van der Waals surface area contributed by atoms with E-state index in [1.165, 1.54) is 55.9 Å². The Labute approximate surface area is 182 Å². The third-order valence-corrected chi connectivity index (χ3v) is 6.61. The third-order valence-electron chi connectivity index (χ3n) is 6.36. The molecule has 2 aliphatic carbocycles. The van der Waals surface area contributed by atoms with Gasteiger partial charge in [-0.15, -0.1) is 0 Å². The van der Waals surface area contributed by atoms with Crippen LogP contribution in [0.15, 0.2) is 42.6 Å². The molecule has 1 saturated carbocycles. The van der Waals surface area contributed by atoms with E-state index < -0.39 is 0 Å². The van der Waals surface area contributed by atoms with Gasteiger partial charge in [0.05, 0.1) is 0 Å². The van der Waals surface area contributed by atoms with Crippen LogP contribution >= 0.6 is 0 Å². The molecule has 6 heteroatoms. The van der Waals surface area contributed by atoms with Gasteiger partial charge in [-0.3, -0.25) is 4.98 Å². The van der Waals surface area contributed by atoms with E-state index in [0.29, 0.717) is 0 Å². The first-order chi connectivity index (χ1) is 13.3. The molecule has 5 nitrogen and oxygen atoms in total. The number of allylic oxidation sites excluding steroid dienone is 2. The Morgan fingerprint density at radius 1 is 1.03 bits per heavy atom. The molecule has 2 bridgehead atoms. The minimum Gasteiger partial charge on any atom is -0.652 e. The Hall–Kier alpha value is -1.42. The summed E-state index contributed by atoms with van der Waals surface area (Å²) in [4.78, 5) is 4.47. The van der Waals surface area contributed by atoms with Gasteiger partial charge < -0.3 is 20.1 Å². The smallest absolute Gasteiger partial charge is 0.482 e. The van der Waals surface area contributed by atoms with Crippen molar-refractivity contribution in [1.82, 2.24) is 10.3 Å². The molecular formula is C23H33AlN2O3. The number of unbranched alkanes of at least 4 members (excludes halogenated alkanes) is 3. The molecule has 3 atom stereocenters. The Balaban J connectivity index is 0.00000150. The van der Waals surface area contributed by atoms with E-state index in [-0.39, 0.29) is 11.0 Å². The summed E-state index contributed by atoms with van der Waals surface area (Å²) in [5.74, 6) is 3.65. The predicted molar refractivity (Wildman–Crippen MR) is 119 cm³/mol. The van der Waals surface area contributed by atoms with E-state index in [2.05, 4.69) is 51.2 Å². The van der Waals surface area contributed by atoms with Crippen molar-refractivity contribution in [3.05, 3.63) is 48.2 Å². The quantitative estimate of drug-likeness (QED) is 0.368. The predicted octanol–water partition coefficient (Wildman–Crippen LogP) is 3.30. The number of nitrogens with zero attached hydrogens (tertiary/aromatic N) is 1. The highest BCUT2D eigenvalue weighted by atomic mass is 27.1. The Kier molecular flexibility index (Phi) is 9.61. The van der Waals surface area contributed by atoms with Crippen molar-refractivity contribution in [2.24, 2.45) is 17.8 Å². The number of hydrogen-bond acceptors (Lipinski definition) is 3. The van der Waals surface area contributed by atoms with Crippen LogP contribution in [0.2, 0.25) is 0 Å². The third kappa shape index (κ3) is 5.81. The van der Waals surface area contributed by atoms with E-state index in [0.717, 1.165) is 42.1 Å². The summed E-state index contributed by atoms with van der Waals surface area (Å²) in [5, 5.41) is 4.77. The Morgan fingerprint density at radius 3 is 2.66 bits per heavy atom.